The number of aromatic nitrogens is 1. The first-order valence-electron chi connectivity index (χ1n) is 5.47. The SMILES string of the molecule is COc1cc(C)ccc1-c1nc(C)c(CN)s1. The molecule has 2 aromatic rings. The molecular weight excluding hydrogens is 232 g/mol. The Hall–Kier alpha value is -1.39. The zero-order chi connectivity index (χ0) is 12.4. The fraction of sp³-hybridized carbons (Fsp3) is 0.308. The lowest BCUT2D eigenvalue weighted by molar-refractivity contribution is 0.416. The summed E-state index contributed by atoms with van der Waals surface area (Å²) in [5, 5.41) is 0.972. The predicted octanol–water partition coefficient (Wildman–Crippen LogP) is 2.89. The van der Waals surface area contributed by atoms with E-state index in [2.05, 4.69) is 11.1 Å². The van der Waals surface area contributed by atoms with Crippen molar-refractivity contribution in [1.82, 2.24) is 4.98 Å². The molecule has 1 aromatic heterocycles. The number of hydrogen-bond donors (Lipinski definition) is 1. The summed E-state index contributed by atoms with van der Waals surface area (Å²) >= 11 is 1.63. The Bertz CT molecular complexity index is 534. The van der Waals surface area contributed by atoms with Crippen molar-refractivity contribution in [2.75, 3.05) is 7.11 Å². The third kappa shape index (κ3) is 2.33. The van der Waals surface area contributed by atoms with Gasteiger partial charge in [0, 0.05) is 11.4 Å². The normalized spacial score (nSPS) is 10.6. The molecular formula is C13H16N2OS. The van der Waals surface area contributed by atoms with Gasteiger partial charge < -0.3 is 10.5 Å². The predicted molar refractivity (Wildman–Crippen MR) is 71.5 cm³/mol. The van der Waals surface area contributed by atoms with Gasteiger partial charge in [-0.25, -0.2) is 4.98 Å². The largest absolute Gasteiger partial charge is 0.496 e. The quantitative estimate of drug-likeness (QED) is 0.908. The van der Waals surface area contributed by atoms with Gasteiger partial charge in [-0.05, 0) is 31.5 Å². The molecule has 2 rings (SSSR count). The van der Waals surface area contributed by atoms with E-state index in [9.17, 15) is 0 Å². The molecule has 0 aliphatic heterocycles. The molecule has 0 spiro atoms. The number of rotatable bonds is 3. The lowest BCUT2D eigenvalue weighted by atomic mass is 10.1. The van der Waals surface area contributed by atoms with Gasteiger partial charge in [0.2, 0.25) is 0 Å². The highest BCUT2D eigenvalue weighted by atomic mass is 32.1. The van der Waals surface area contributed by atoms with Gasteiger partial charge in [0.25, 0.3) is 0 Å². The number of methoxy groups -OCH3 is 1. The van der Waals surface area contributed by atoms with Gasteiger partial charge in [-0.15, -0.1) is 11.3 Å². The Kier molecular flexibility index (Phi) is 3.45. The van der Waals surface area contributed by atoms with E-state index < -0.39 is 0 Å². The molecule has 0 radical (unpaired) electrons. The van der Waals surface area contributed by atoms with Crippen molar-refractivity contribution >= 4 is 11.3 Å². The molecule has 1 aromatic carbocycles. The van der Waals surface area contributed by atoms with Crippen molar-refractivity contribution in [3.63, 3.8) is 0 Å². The Balaban J connectivity index is 2.51. The molecule has 0 aliphatic rings. The van der Waals surface area contributed by atoms with Gasteiger partial charge >= 0.3 is 0 Å². The van der Waals surface area contributed by atoms with Crippen LogP contribution in [0.25, 0.3) is 10.6 Å². The van der Waals surface area contributed by atoms with Crippen molar-refractivity contribution in [3.05, 3.63) is 34.3 Å². The van der Waals surface area contributed by atoms with E-state index in [1.165, 1.54) is 5.56 Å². The molecule has 0 atom stereocenters. The monoisotopic (exact) mass is 248 g/mol. The third-order valence-electron chi connectivity index (χ3n) is 2.67. The zero-order valence-corrected chi connectivity index (χ0v) is 11.1. The van der Waals surface area contributed by atoms with Crippen molar-refractivity contribution in [2.24, 2.45) is 5.73 Å². The fourth-order valence-corrected chi connectivity index (χ4v) is 2.68. The maximum absolute atomic E-state index is 5.68. The highest BCUT2D eigenvalue weighted by molar-refractivity contribution is 7.15. The summed E-state index contributed by atoms with van der Waals surface area (Å²) < 4.78 is 5.40. The van der Waals surface area contributed by atoms with Crippen LogP contribution in [0.1, 0.15) is 16.1 Å². The van der Waals surface area contributed by atoms with Crippen LogP contribution in [0.2, 0.25) is 0 Å². The Morgan fingerprint density at radius 1 is 1.35 bits per heavy atom. The molecule has 0 aliphatic carbocycles. The maximum atomic E-state index is 5.68. The number of thiazole rings is 1. The standard InChI is InChI=1S/C13H16N2OS/c1-8-4-5-10(11(6-8)16-3)13-15-9(2)12(7-14)17-13/h4-6H,7,14H2,1-3H3. The summed E-state index contributed by atoms with van der Waals surface area (Å²) in [5.41, 5.74) is 8.90. The van der Waals surface area contributed by atoms with Gasteiger partial charge in [0.15, 0.2) is 0 Å². The van der Waals surface area contributed by atoms with Crippen LogP contribution >= 0.6 is 11.3 Å². The molecule has 2 N–H and O–H groups in total. The van der Waals surface area contributed by atoms with Gasteiger partial charge in [0.1, 0.15) is 10.8 Å². The van der Waals surface area contributed by atoms with Crippen molar-refractivity contribution < 1.29 is 4.74 Å². The van der Waals surface area contributed by atoms with Crippen molar-refractivity contribution in [2.45, 2.75) is 20.4 Å². The highest BCUT2D eigenvalue weighted by Gasteiger charge is 2.12. The van der Waals surface area contributed by atoms with Crippen LogP contribution in [0, 0.1) is 13.8 Å². The van der Waals surface area contributed by atoms with E-state index in [1.807, 2.05) is 26.0 Å². The number of hydrogen-bond acceptors (Lipinski definition) is 4. The van der Waals surface area contributed by atoms with Crippen LogP contribution in [-0.2, 0) is 6.54 Å². The number of aryl methyl sites for hydroxylation is 2. The molecule has 0 saturated heterocycles. The first-order valence-corrected chi connectivity index (χ1v) is 6.28. The first-order chi connectivity index (χ1) is 8.15. The van der Waals surface area contributed by atoms with E-state index in [0.717, 1.165) is 26.9 Å². The van der Waals surface area contributed by atoms with Crippen LogP contribution in [-0.4, -0.2) is 12.1 Å². The van der Waals surface area contributed by atoms with E-state index in [0.29, 0.717) is 6.54 Å². The minimum absolute atomic E-state index is 0.539. The molecule has 17 heavy (non-hydrogen) atoms. The second-order valence-electron chi connectivity index (χ2n) is 3.94. The molecule has 90 valence electrons. The van der Waals surface area contributed by atoms with Crippen LogP contribution < -0.4 is 10.5 Å². The highest BCUT2D eigenvalue weighted by Crippen LogP contribution is 2.34. The van der Waals surface area contributed by atoms with E-state index >= 15 is 0 Å². The van der Waals surface area contributed by atoms with Crippen LogP contribution in [0.5, 0.6) is 5.75 Å². The van der Waals surface area contributed by atoms with Crippen molar-refractivity contribution in [1.29, 1.82) is 0 Å². The lowest BCUT2D eigenvalue weighted by Crippen LogP contribution is -1.94. The smallest absolute Gasteiger partial charge is 0.129 e. The summed E-state index contributed by atoms with van der Waals surface area (Å²) in [6.45, 7) is 4.57. The minimum atomic E-state index is 0.539. The average Bonchev–Trinajstić information content (AvgIpc) is 2.70. The Morgan fingerprint density at radius 2 is 2.12 bits per heavy atom. The second kappa shape index (κ2) is 4.85. The average molecular weight is 248 g/mol. The second-order valence-corrected chi connectivity index (χ2v) is 5.02. The summed E-state index contributed by atoms with van der Waals surface area (Å²) in [4.78, 5) is 5.68. The minimum Gasteiger partial charge on any atom is -0.496 e. The molecule has 0 saturated carbocycles. The number of ether oxygens (including phenoxy) is 1. The van der Waals surface area contributed by atoms with Gasteiger partial charge in [-0.2, -0.15) is 0 Å². The van der Waals surface area contributed by atoms with Crippen LogP contribution in [0.15, 0.2) is 18.2 Å². The maximum Gasteiger partial charge on any atom is 0.129 e. The Morgan fingerprint density at radius 3 is 2.71 bits per heavy atom. The summed E-state index contributed by atoms with van der Waals surface area (Å²) in [5.74, 6) is 0.863. The van der Waals surface area contributed by atoms with Crippen LogP contribution in [0.3, 0.4) is 0 Å². The third-order valence-corrected chi connectivity index (χ3v) is 3.88. The molecule has 0 amide bonds. The fourth-order valence-electron chi connectivity index (χ4n) is 1.71. The van der Waals surface area contributed by atoms with Crippen LogP contribution in [0.4, 0.5) is 0 Å². The number of nitrogens with zero attached hydrogens (tertiary/aromatic N) is 1. The van der Waals surface area contributed by atoms with Gasteiger partial charge in [0.05, 0.1) is 18.4 Å². The Labute approximate surface area is 105 Å². The van der Waals surface area contributed by atoms with E-state index in [-0.39, 0.29) is 0 Å². The number of benzene rings is 1. The number of nitrogens with two attached hydrogens (primary N) is 1. The molecule has 0 fully saturated rings. The van der Waals surface area contributed by atoms with Crippen molar-refractivity contribution in [3.8, 4) is 16.3 Å². The molecule has 1 heterocycles. The molecule has 0 unspecified atom stereocenters. The van der Waals surface area contributed by atoms with E-state index in [4.69, 9.17) is 10.5 Å². The molecule has 4 heteroatoms. The van der Waals surface area contributed by atoms with E-state index in [1.54, 1.807) is 18.4 Å². The molecule has 0 bridgehead atoms. The first kappa shape index (κ1) is 12.1. The summed E-state index contributed by atoms with van der Waals surface area (Å²) in [6.07, 6.45) is 0. The lowest BCUT2D eigenvalue weighted by Gasteiger charge is -2.06. The zero-order valence-electron chi connectivity index (χ0n) is 10.3. The topological polar surface area (TPSA) is 48.1 Å². The van der Waals surface area contributed by atoms with Gasteiger partial charge in [-0.1, -0.05) is 6.07 Å². The van der Waals surface area contributed by atoms with Gasteiger partial charge in [-0.3, -0.25) is 0 Å². The summed E-state index contributed by atoms with van der Waals surface area (Å²) in [7, 11) is 1.68. The molecule has 3 nitrogen and oxygen atoms in total. The summed E-state index contributed by atoms with van der Waals surface area (Å²) in [6, 6.07) is 6.14.